The van der Waals surface area contributed by atoms with E-state index in [1.54, 1.807) is 6.26 Å². The Morgan fingerprint density at radius 2 is 2.00 bits per heavy atom. The molecule has 0 fully saturated rings. The molecule has 0 saturated carbocycles. The topological polar surface area (TPSA) is 35.2 Å². The monoisotopic (exact) mass is 163 g/mol. The van der Waals surface area contributed by atoms with Gasteiger partial charge in [0.25, 0.3) is 0 Å². The van der Waals surface area contributed by atoms with Gasteiger partial charge in [-0.25, -0.2) is 0 Å². The summed E-state index contributed by atoms with van der Waals surface area (Å²) in [6.07, 6.45) is 3.58. The van der Waals surface area contributed by atoms with E-state index >= 15 is 0 Å². The normalized spacial score (nSPS) is 10.4. The van der Waals surface area contributed by atoms with Crippen molar-refractivity contribution >= 4 is 6.08 Å². The van der Waals surface area contributed by atoms with E-state index in [-0.39, 0.29) is 0 Å². The number of nitrogens with two attached hydrogens (primary N) is 1. The summed E-state index contributed by atoms with van der Waals surface area (Å²) in [5.41, 5.74) is 6.38. The molecule has 0 saturated heterocycles. The average molecular weight is 163 g/mol. The fourth-order valence-corrected chi connectivity index (χ4v) is 0.827. The Labute approximate surface area is 72.7 Å². The predicted octanol–water partition coefficient (Wildman–Crippen LogP) is 1.63. The molecule has 1 rings (SSSR count). The van der Waals surface area contributed by atoms with Crippen LogP contribution in [0.5, 0.6) is 0 Å². The highest BCUT2D eigenvalue weighted by Gasteiger charge is 1.81. The molecule has 0 radical (unpaired) electrons. The summed E-state index contributed by atoms with van der Waals surface area (Å²) in [6.45, 7) is 1.13. The smallest absolute Gasteiger partial charge is 0.0995 e. The molecular weight excluding hydrogens is 150 g/mol. The summed E-state index contributed by atoms with van der Waals surface area (Å²) in [5, 5.41) is 0. The van der Waals surface area contributed by atoms with Gasteiger partial charge in [0, 0.05) is 6.54 Å². The molecule has 12 heavy (non-hydrogen) atoms. The second kappa shape index (κ2) is 5.38. The van der Waals surface area contributed by atoms with Crippen molar-refractivity contribution < 1.29 is 4.74 Å². The Bertz CT molecular complexity index is 231. The molecule has 0 amide bonds. The van der Waals surface area contributed by atoms with Gasteiger partial charge in [0.1, 0.15) is 0 Å². The Hall–Kier alpha value is -1.28. The van der Waals surface area contributed by atoms with Crippen molar-refractivity contribution in [2.24, 2.45) is 5.73 Å². The van der Waals surface area contributed by atoms with Crippen LogP contribution in [-0.4, -0.2) is 13.2 Å². The minimum Gasteiger partial charge on any atom is -0.500 e. The van der Waals surface area contributed by atoms with E-state index in [0.29, 0.717) is 13.2 Å². The minimum atomic E-state index is 0.555. The lowest BCUT2D eigenvalue weighted by Crippen LogP contribution is -2.04. The second-order valence-electron chi connectivity index (χ2n) is 2.37. The van der Waals surface area contributed by atoms with E-state index < -0.39 is 0 Å². The fourth-order valence-electron chi connectivity index (χ4n) is 0.827. The Morgan fingerprint density at radius 1 is 1.25 bits per heavy atom. The fraction of sp³-hybridized carbons (Fsp3) is 0.200. The van der Waals surface area contributed by atoms with Gasteiger partial charge in [-0.2, -0.15) is 0 Å². The van der Waals surface area contributed by atoms with Crippen LogP contribution in [0.25, 0.3) is 6.08 Å². The maximum atomic E-state index is 5.25. The van der Waals surface area contributed by atoms with E-state index in [4.69, 9.17) is 10.5 Å². The zero-order chi connectivity index (χ0) is 8.65. The maximum Gasteiger partial charge on any atom is 0.0995 e. The lowest BCUT2D eigenvalue weighted by molar-refractivity contribution is 0.262. The van der Waals surface area contributed by atoms with Gasteiger partial charge in [-0.3, -0.25) is 0 Å². The number of rotatable bonds is 4. The third kappa shape index (κ3) is 3.21. The average Bonchev–Trinajstić information content (AvgIpc) is 2.14. The van der Waals surface area contributed by atoms with Crippen LogP contribution in [0.1, 0.15) is 5.56 Å². The van der Waals surface area contributed by atoms with Gasteiger partial charge in [0.05, 0.1) is 12.9 Å². The Kier molecular flexibility index (Phi) is 3.95. The molecule has 64 valence electrons. The van der Waals surface area contributed by atoms with E-state index in [1.165, 1.54) is 0 Å². The van der Waals surface area contributed by atoms with Crippen molar-refractivity contribution in [2.75, 3.05) is 13.2 Å². The first kappa shape index (κ1) is 8.81. The Morgan fingerprint density at radius 3 is 2.67 bits per heavy atom. The standard InChI is InChI=1S/C10H13NO/c11-7-9-12-8-6-10-4-2-1-3-5-10/h1-6,8H,7,9,11H2. The number of benzene rings is 1. The van der Waals surface area contributed by atoms with Crippen LogP contribution < -0.4 is 5.73 Å². The highest BCUT2D eigenvalue weighted by molar-refractivity contribution is 5.47. The van der Waals surface area contributed by atoms with Gasteiger partial charge in [-0.05, 0) is 11.6 Å². The molecule has 0 bridgehead atoms. The molecule has 2 N–H and O–H groups in total. The van der Waals surface area contributed by atoms with E-state index in [9.17, 15) is 0 Å². The molecule has 1 aromatic rings. The second-order valence-corrected chi connectivity index (χ2v) is 2.37. The molecule has 0 unspecified atom stereocenters. The van der Waals surface area contributed by atoms with Gasteiger partial charge in [0.15, 0.2) is 0 Å². The quantitative estimate of drug-likeness (QED) is 0.541. The summed E-state index contributed by atoms with van der Waals surface area (Å²) in [7, 11) is 0. The predicted molar refractivity (Wildman–Crippen MR) is 50.5 cm³/mol. The maximum absolute atomic E-state index is 5.25. The first-order valence-corrected chi connectivity index (χ1v) is 3.97. The zero-order valence-electron chi connectivity index (χ0n) is 6.94. The minimum absolute atomic E-state index is 0.555. The molecule has 0 heterocycles. The molecule has 0 aliphatic rings. The van der Waals surface area contributed by atoms with Crippen molar-refractivity contribution in [1.82, 2.24) is 0 Å². The van der Waals surface area contributed by atoms with Gasteiger partial charge >= 0.3 is 0 Å². The van der Waals surface area contributed by atoms with Crippen LogP contribution in [0.15, 0.2) is 36.6 Å². The molecule has 1 aromatic carbocycles. The van der Waals surface area contributed by atoms with Gasteiger partial charge in [-0.15, -0.1) is 0 Å². The van der Waals surface area contributed by atoms with E-state index in [0.717, 1.165) is 5.56 Å². The van der Waals surface area contributed by atoms with Crippen LogP contribution in [0.2, 0.25) is 0 Å². The summed E-state index contributed by atoms with van der Waals surface area (Å²) < 4.78 is 5.08. The lowest BCUT2D eigenvalue weighted by atomic mass is 10.2. The first-order valence-electron chi connectivity index (χ1n) is 3.97. The van der Waals surface area contributed by atoms with Crippen molar-refractivity contribution in [3.05, 3.63) is 42.2 Å². The molecular formula is C10H13NO. The molecule has 0 aliphatic carbocycles. The number of hydrogen-bond donors (Lipinski definition) is 1. The summed E-state index contributed by atoms with van der Waals surface area (Å²) >= 11 is 0. The third-order valence-electron chi connectivity index (χ3n) is 1.39. The molecule has 0 atom stereocenters. The molecule has 2 nitrogen and oxygen atoms in total. The third-order valence-corrected chi connectivity index (χ3v) is 1.39. The number of hydrogen-bond acceptors (Lipinski definition) is 2. The first-order chi connectivity index (χ1) is 5.93. The van der Waals surface area contributed by atoms with Crippen LogP contribution >= 0.6 is 0 Å². The highest BCUT2D eigenvalue weighted by atomic mass is 16.5. The summed E-state index contributed by atoms with van der Waals surface area (Å²) in [4.78, 5) is 0. The number of ether oxygens (including phenoxy) is 1. The van der Waals surface area contributed by atoms with Crippen LogP contribution in [0, 0.1) is 0 Å². The van der Waals surface area contributed by atoms with Crippen LogP contribution in [0.4, 0.5) is 0 Å². The van der Waals surface area contributed by atoms with Crippen molar-refractivity contribution in [3.63, 3.8) is 0 Å². The highest BCUT2D eigenvalue weighted by Crippen LogP contribution is 2.00. The van der Waals surface area contributed by atoms with Gasteiger partial charge < -0.3 is 10.5 Å². The molecule has 0 aromatic heterocycles. The SMILES string of the molecule is NCCOC=Cc1ccccc1. The largest absolute Gasteiger partial charge is 0.500 e. The summed E-state index contributed by atoms with van der Waals surface area (Å²) in [5.74, 6) is 0. The van der Waals surface area contributed by atoms with Gasteiger partial charge in [0.2, 0.25) is 0 Å². The molecule has 2 heteroatoms. The summed E-state index contributed by atoms with van der Waals surface area (Å²) in [6, 6.07) is 9.99. The molecule has 0 spiro atoms. The van der Waals surface area contributed by atoms with Crippen molar-refractivity contribution in [3.8, 4) is 0 Å². The Balaban J connectivity index is 2.36. The zero-order valence-corrected chi connectivity index (χ0v) is 6.94. The molecule has 0 aliphatic heterocycles. The van der Waals surface area contributed by atoms with Crippen molar-refractivity contribution in [1.29, 1.82) is 0 Å². The van der Waals surface area contributed by atoms with Crippen LogP contribution in [0.3, 0.4) is 0 Å². The van der Waals surface area contributed by atoms with E-state index in [1.807, 2.05) is 36.4 Å². The lowest BCUT2D eigenvalue weighted by Gasteiger charge is -1.95. The van der Waals surface area contributed by atoms with Gasteiger partial charge in [-0.1, -0.05) is 30.3 Å². The van der Waals surface area contributed by atoms with E-state index in [2.05, 4.69) is 0 Å². The van der Waals surface area contributed by atoms with Crippen molar-refractivity contribution in [2.45, 2.75) is 0 Å². The van der Waals surface area contributed by atoms with Crippen LogP contribution in [-0.2, 0) is 4.74 Å².